The molecule has 0 bridgehead atoms. The summed E-state index contributed by atoms with van der Waals surface area (Å²) < 4.78 is 14.1. The molecule has 2 rings (SSSR count). The summed E-state index contributed by atoms with van der Waals surface area (Å²) in [5, 5.41) is 1.09. The molecule has 82 valence electrons. The highest BCUT2D eigenvalue weighted by atomic mass is 127. The van der Waals surface area contributed by atoms with Crippen LogP contribution in [-0.2, 0) is 0 Å². The molecule has 0 aliphatic heterocycles. The smallest absolute Gasteiger partial charge is 0.123 e. The normalized spacial score (nSPS) is 10.5. The second-order valence-electron chi connectivity index (χ2n) is 3.28. The van der Waals surface area contributed by atoms with E-state index >= 15 is 0 Å². The van der Waals surface area contributed by atoms with Gasteiger partial charge in [0, 0.05) is 13.6 Å². The zero-order valence-corrected chi connectivity index (χ0v) is 11.6. The number of benzene rings is 2. The van der Waals surface area contributed by atoms with Crippen molar-refractivity contribution in [2.75, 3.05) is 0 Å². The molecule has 0 fully saturated rings. The van der Waals surface area contributed by atoms with Crippen molar-refractivity contribution in [2.45, 2.75) is 0 Å². The molecule has 0 heterocycles. The lowest BCUT2D eigenvalue weighted by Crippen LogP contribution is -1.85. The lowest BCUT2D eigenvalue weighted by Gasteiger charge is -2.06. The Labute approximate surface area is 117 Å². The van der Waals surface area contributed by atoms with Crippen LogP contribution >= 0.6 is 45.8 Å². The van der Waals surface area contributed by atoms with Gasteiger partial charge in [-0.25, -0.2) is 4.39 Å². The van der Waals surface area contributed by atoms with E-state index in [1.165, 1.54) is 12.1 Å². The zero-order valence-electron chi connectivity index (χ0n) is 7.98. The predicted molar refractivity (Wildman–Crippen MR) is 74.6 cm³/mol. The molecule has 0 saturated carbocycles. The molecule has 2 aromatic rings. The van der Waals surface area contributed by atoms with Crippen LogP contribution in [0.3, 0.4) is 0 Å². The first-order valence-corrected chi connectivity index (χ1v) is 6.31. The Kier molecular flexibility index (Phi) is 3.72. The van der Waals surface area contributed by atoms with Gasteiger partial charge < -0.3 is 0 Å². The first kappa shape index (κ1) is 12.1. The molecule has 0 nitrogen and oxygen atoms in total. The third-order valence-electron chi connectivity index (χ3n) is 2.10. The second kappa shape index (κ2) is 4.90. The van der Waals surface area contributed by atoms with Gasteiger partial charge in [0.1, 0.15) is 5.82 Å². The maximum absolute atomic E-state index is 13.2. The van der Waals surface area contributed by atoms with Crippen molar-refractivity contribution in [3.05, 3.63) is 55.8 Å². The summed E-state index contributed by atoms with van der Waals surface area (Å²) in [6.45, 7) is 0. The fourth-order valence-corrected chi connectivity index (χ4v) is 2.60. The Morgan fingerprint density at radius 1 is 0.938 bits per heavy atom. The van der Waals surface area contributed by atoms with Gasteiger partial charge in [-0.15, -0.1) is 0 Å². The summed E-state index contributed by atoms with van der Waals surface area (Å²) in [7, 11) is 0. The Balaban J connectivity index is 2.62. The van der Waals surface area contributed by atoms with Crippen LogP contribution in [0.4, 0.5) is 4.39 Å². The van der Waals surface area contributed by atoms with Gasteiger partial charge in [0.05, 0.1) is 0 Å². The highest BCUT2D eigenvalue weighted by molar-refractivity contribution is 14.1. The van der Waals surface area contributed by atoms with Gasteiger partial charge in [0.2, 0.25) is 0 Å². The van der Waals surface area contributed by atoms with E-state index in [0.717, 1.165) is 14.7 Å². The van der Waals surface area contributed by atoms with E-state index in [0.29, 0.717) is 10.0 Å². The number of hydrogen-bond acceptors (Lipinski definition) is 0. The van der Waals surface area contributed by atoms with E-state index in [-0.39, 0.29) is 5.82 Å². The largest absolute Gasteiger partial charge is 0.207 e. The summed E-state index contributed by atoms with van der Waals surface area (Å²) in [6, 6.07) is 9.81. The number of hydrogen-bond donors (Lipinski definition) is 0. The van der Waals surface area contributed by atoms with E-state index in [1.54, 1.807) is 24.3 Å². The molecule has 0 unspecified atom stereocenters. The van der Waals surface area contributed by atoms with Gasteiger partial charge >= 0.3 is 0 Å². The number of halogens is 4. The molecular weight excluding hydrogens is 361 g/mol. The molecule has 0 spiro atoms. The van der Waals surface area contributed by atoms with Gasteiger partial charge in [-0.05, 0) is 70.1 Å². The van der Waals surface area contributed by atoms with Gasteiger partial charge in [0.15, 0.2) is 0 Å². The van der Waals surface area contributed by atoms with E-state index in [9.17, 15) is 4.39 Å². The maximum atomic E-state index is 13.2. The average molecular weight is 367 g/mol. The Hall–Kier alpha value is -0.320. The van der Waals surface area contributed by atoms with Crippen LogP contribution in [0.1, 0.15) is 0 Å². The van der Waals surface area contributed by atoms with Crippen LogP contribution in [0.15, 0.2) is 36.4 Å². The van der Waals surface area contributed by atoms with Crippen LogP contribution in [-0.4, -0.2) is 0 Å². The fourth-order valence-electron chi connectivity index (χ4n) is 1.43. The minimum Gasteiger partial charge on any atom is -0.207 e. The van der Waals surface area contributed by atoms with Crippen molar-refractivity contribution in [3.63, 3.8) is 0 Å². The van der Waals surface area contributed by atoms with Gasteiger partial charge in [-0.2, -0.15) is 0 Å². The Bertz CT molecular complexity index is 520. The minimum absolute atomic E-state index is 0.272. The summed E-state index contributed by atoms with van der Waals surface area (Å²) in [5.74, 6) is -0.272. The van der Waals surface area contributed by atoms with Crippen molar-refractivity contribution < 1.29 is 4.39 Å². The molecule has 0 radical (unpaired) electrons. The van der Waals surface area contributed by atoms with Gasteiger partial charge in [-0.1, -0.05) is 23.2 Å². The third kappa shape index (κ3) is 2.67. The summed E-state index contributed by atoms with van der Waals surface area (Å²) in [6.07, 6.45) is 0. The van der Waals surface area contributed by atoms with Crippen molar-refractivity contribution in [3.8, 4) is 11.1 Å². The van der Waals surface area contributed by atoms with E-state index in [4.69, 9.17) is 23.2 Å². The van der Waals surface area contributed by atoms with Crippen molar-refractivity contribution in [1.82, 2.24) is 0 Å². The first-order chi connectivity index (χ1) is 7.56. The van der Waals surface area contributed by atoms with E-state index in [2.05, 4.69) is 22.6 Å². The molecule has 0 N–H and O–H groups in total. The Morgan fingerprint density at radius 2 is 1.56 bits per heavy atom. The SMILES string of the molecule is Fc1ccc(I)c(-c2cc(Cl)cc(Cl)c2)c1. The van der Waals surface area contributed by atoms with Crippen LogP contribution in [0.2, 0.25) is 10.0 Å². The van der Waals surface area contributed by atoms with E-state index < -0.39 is 0 Å². The molecule has 0 aromatic heterocycles. The zero-order chi connectivity index (χ0) is 11.7. The fraction of sp³-hybridized carbons (Fsp3) is 0. The molecule has 4 heteroatoms. The van der Waals surface area contributed by atoms with Crippen LogP contribution in [0, 0.1) is 9.39 Å². The average Bonchev–Trinajstić information content (AvgIpc) is 2.20. The lowest BCUT2D eigenvalue weighted by atomic mass is 10.1. The van der Waals surface area contributed by atoms with Crippen molar-refractivity contribution in [1.29, 1.82) is 0 Å². The summed E-state index contributed by atoms with van der Waals surface area (Å²) >= 11 is 14.0. The van der Waals surface area contributed by atoms with Gasteiger partial charge in [-0.3, -0.25) is 0 Å². The van der Waals surface area contributed by atoms with Crippen LogP contribution < -0.4 is 0 Å². The molecule has 0 aliphatic carbocycles. The quantitative estimate of drug-likeness (QED) is 0.592. The van der Waals surface area contributed by atoms with Crippen LogP contribution in [0.5, 0.6) is 0 Å². The monoisotopic (exact) mass is 366 g/mol. The molecule has 2 aromatic carbocycles. The maximum Gasteiger partial charge on any atom is 0.123 e. The highest BCUT2D eigenvalue weighted by Gasteiger charge is 2.06. The predicted octanol–water partition coefficient (Wildman–Crippen LogP) is 5.40. The lowest BCUT2D eigenvalue weighted by molar-refractivity contribution is 0.628. The molecule has 16 heavy (non-hydrogen) atoms. The van der Waals surface area contributed by atoms with Crippen LogP contribution in [0.25, 0.3) is 11.1 Å². The molecule has 0 amide bonds. The standard InChI is InChI=1S/C12H6Cl2FI/c13-8-3-7(4-9(14)5-8)11-6-10(15)1-2-12(11)16/h1-6H. The van der Waals surface area contributed by atoms with Gasteiger partial charge in [0.25, 0.3) is 0 Å². The molecule has 0 aliphatic rings. The summed E-state index contributed by atoms with van der Waals surface area (Å²) in [4.78, 5) is 0. The molecular formula is C12H6Cl2FI. The van der Waals surface area contributed by atoms with Crippen molar-refractivity contribution in [2.24, 2.45) is 0 Å². The highest BCUT2D eigenvalue weighted by Crippen LogP contribution is 2.30. The number of rotatable bonds is 1. The van der Waals surface area contributed by atoms with Crippen molar-refractivity contribution >= 4 is 45.8 Å². The topological polar surface area (TPSA) is 0 Å². The second-order valence-corrected chi connectivity index (χ2v) is 5.32. The Morgan fingerprint density at radius 3 is 2.19 bits per heavy atom. The third-order valence-corrected chi connectivity index (χ3v) is 3.48. The minimum atomic E-state index is -0.272. The summed E-state index contributed by atoms with van der Waals surface area (Å²) in [5.41, 5.74) is 1.62. The van der Waals surface area contributed by atoms with E-state index in [1.807, 2.05) is 0 Å². The first-order valence-electron chi connectivity index (χ1n) is 4.48. The molecule has 0 saturated heterocycles. The molecule has 0 atom stereocenters.